The van der Waals surface area contributed by atoms with Gasteiger partial charge in [-0.15, -0.1) is 11.3 Å². The molecule has 0 aliphatic heterocycles. The molecule has 0 bridgehead atoms. The molecule has 20 heavy (non-hydrogen) atoms. The third-order valence-electron chi connectivity index (χ3n) is 3.28. The van der Waals surface area contributed by atoms with Gasteiger partial charge in [-0.05, 0) is 31.0 Å². The molecule has 0 unspecified atom stereocenters. The molecular formula is C16H16O3S. The summed E-state index contributed by atoms with van der Waals surface area (Å²) >= 11 is 1.51. The molecule has 3 nitrogen and oxygen atoms in total. The lowest BCUT2D eigenvalue weighted by Crippen LogP contribution is -2.07. The summed E-state index contributed by atoms with van der Waals surface area (Å²) in [5.74, 6) is -1.44. The van der Waals surface area contributed by atoms with E-state index < -0.39 is 11.9 Å². The maximum atomic E-state index is 12.3. The second kappa shape index (κ2) is 6.01. The van der Waals surface area contributed by atoms with E-state index in [9.17, 15) is 9.59 Å². The molecule has 0 fully saturated rings. The molecule has 104 valence electrons. The summed E-state index contributed by atoms with van der Waals surface area (Å²) in [4.78, 5) is 25.1. The van der Waals surface area contributed by atoms with E-state index in [2.05, 4.69) is 6.92 Å². The molecule has 0 saturated carbocycles. The molecule has 1 aromatic heterocycles. The molecule has 0 aliphatic rings. The van der Waals surface area contributed by atoms with E-state index in [0.29, 0.717) is 11.1 Å². The van der Waals surface area contributed by atoms with E-state index in [1.165, 1.54) is 16.2 Å². The number of aliphatic carboxylic acids is 1. The Bertz CT molecular complexity index is 625. The Morgan fingerprint density at radius 1 is 1.15 bits per heavy atom. The third-order valence-corrected chi connectivity index (χ3v) is 4.51. The van der Waals surface area contributed by atoms with Crippen molar-refractivity contribution in [3.05, 3.63) is 57.3 Å². The lowest BCUT2D eigenvalue weighted by atomic mass is 9.99. The smallest absolute Gasteiger partial charge is 0.310 e. The fourth-order valence-electron chi connectivity index (χ4n) is 1.90. The number of carbonyl (C=O) groups excluding carboxylic acids is 1. The van der Waals surface area contributed by atoms with Crippen molar-refractivity contribution in [2.24, 2.45) is 0 Å². The van der Waals surface area contributed by atoms with Crippen LogP contribution in [0.1, 0.15) is 45.4 Å². The number of hydrogen-bond acceptors (Lipinski definition) is 3. The Kier molecular flexibility index (Phi) is 4.35. The lowest BCUT2D eigenvalue weighted by Gasteiger charge is -2.07. The van der Waals surface area contributed by atoms with E-state index in [-0.39, 0.29) is 5.78 Å². The zero-order valence-electron chi connectivity index (χ0n) is 11.4. The fourth-order valence-corrected chi connectivity index (χ4v) is 2.81. The summed E-state index contributed by atoms with van der Waals surface area (Å²) in [7, 11) is 0. The summed E-state index contributed by atoms with van der Waals surface area (Å²) in [6.07, 6.45) is 0.924. The summed E-state index contributed by atoms with van der Waals surface area (Å²) in [6, 6.07) is 10.6. The SMILES string of the molecule is CCc1ccc(C(=O)c2ccc([C@@H](C)C(=O)O)cc2)s1. The Morgan fingerprint density at radius 3 is 2.30 bits per heavy atom. The summed E-state index contributed by atoms with van der Waals surface area (Å²) in [6.45, 7) is 3.69. The van der Waals surface area contributed by atoms with Crippen molar-refractivity contribution >= 4 is 23.1 Å². The molecule has 0 radical (unpaired) electrons. The van der Waals surface area contributed by atoms with Crippen molar-refractivity contribution in [2.75, 3.05) is 0 Å². The predicted molar refractivity (Wildman–Crippen MR) is 79.6 cm³/mol. The number of carboxylic acid groups (broad SMARTS) is 1. The third kappa shape index (κ3) is 2.96. The number of rotatable bonds is 5. The molecule has 4 heteroatoms. The van der Waals surface area contributed by atoms with E-state index >= 15 is 0 Å². The number of ketones is 1. The van der Waals surface area contributed by atoms with Gasteiger partial charge in [-0.25, -0.2) is 0 Å². The van der Waals surface area contributed by atoms with E-state index in [1.54, 1.807) is 31.2 Å². The molecule has 1 heterocycles. The number of hydrogen-bond donors (Lipinski definition) is 1. The monoisotopic (exact) mass is 288 g/mol. The maximum Gasteiger partial charge on any atom is 0.310 e. The van der Waals surface area contributed by atoms with E-state index in [0.717, 1.165) is 11.3 Å². The first-order valence-electron chi connectivity index (χ1n) is 6.49. The minimum Gasteiger partial charge on any atom is -0.481 e. The molecular weight excluding hydrogens is 272 g/mol. The second-order valence-electron chi connectivity index (χ2n) is 4.63. The Hall–Kier alpha value is -1.94. The first-order chi connectivity index (χ1) is 9.52. The highest BCUT2D eigenvalue weighted by atomic mass is 32.1. The summed E-state index contributed by atoms with van der Waals surface area (Å²) in [5, 5.41) is 8.96. The normalized spacial score (nSPS) is 12.1. The van der Waals surface area contributed by atoms with Gasteiger partial charge >= 0.3 is 5.97 Å². The summed E-state index contributed by atoms with van der Waals surface area (Å²) in [5.41, 5.74) is 1.30. The fraction of sp³-hybridized carbons (Fsp3) is 0.250. The first-order valence-corrected chi connectivity index (χ1v) is 7.30. The molecule has 1 aromatic carbocycles. The van der Waals surface area contributed by atoms with Crippen molar-refractivity contribution < 1.29 is 14.7 Å². The van der Waals surface area contributed by atoms with E-state index in [1.807, 2.05) is 12.1 Å². The Morgan fingerprint density at radius 2 is 1.80 bits per heavy atom. The second-order valence-corrected chi connectivity index (χ2v) is 5.80. The van der Waals surface area contributed by atoms with Gasteiger partial charge in [-0.3, -0.25) is 9.59 Å². The van der Waals surface area contributed by atoms with Crippen LogP contribution in [0.3, 0.4) is 0 Å². The highest BCUT2D eigenvalue weighted by Crippen LogP contribution is 2.22. The average Bonchev–Trinajstić information content (AvgIpc) is 2.94. The van der Waals surface area contributed by atoms with Gasteiger partial charge in [0.25, 0.3) is 0 Å². The Balaban J connectivity index is 2.21. The van der Waals surface area contributed by atoms with Gasteiger partial charge < -0.3 is 5.11 Å². The van der Waals surface area contributed by atoms with Crippen LogP contribution < -0.4 is 0 Å². The Labute approximate surface area is 121 Å². The zero-order chi connectivity index (χ0) is 14.7. The molecule has 0 amide bonds. The van der Waals surface area contributed by atoms with Crippen LogP contribution in [0.4, 0.5) is 0 Å². The molecule has 0 spiro atoms. The van der Waals surface area contributed by atoms with Crippen LogP contribution in [0.5, 0.6) is 0 Å². The van der Waals surface area contributed by atoms with Crippen molar-refractivity contribution in [2.45, 2.75) is 26.2 Å². The standard InChI is InChI=1S/C16H16O3S/c1-3-13-8-9-14(20-13)15(17)12-6-4-11(5-7-12)10(2)16(18)19/h4-10H,3H2,1-2H3,(H,18,19)/t10-/m1/s1. The topological polar surface area (TPSA) is 54.4 Å². The van der Waals surface area contributed by atoms with Gasteiger partial charge in [0.1, 0.15) is 0 Å². The number of aryl methyl sites for hydroxylation is 1. The molecule has 1 N–H and O–H groups in total. The van der Waals surface area contributed by atoms with Gasteiger partial charge in [0, 0.05) is 10.4 Å². The average molecular weight is 288 g/mol. The largest absolute Gasteiger partial charge is 0.481 e. The quantitative estimate of drug-likeness (QED) is 0.853. The molecule has 1 atom stereocenters. The highest BCUT2D eigenvalue weighted by Gasteiger charge is 2.15. The molecule has 0 aliphatic carbocycles. The van der Waals surface area contributed by atoms with Gasteiger partial charge in [0.2, 0.25) is 5.78 Å². The lowest BCUT2D eigenvalue weighted by molar-refractivity contribution is -0.138. The van der Waals surface area contributed by atoms with Crippen LogP contribution in [0.25, 0.3) is 0 Å². The number of thiophene rings is 1. The number of benzene rings is 1. The van der Waals surface area contributed by atoms with Gasteiger partial charge in [-0.1, -0.05) is 31.2 Å². The molecule has 2 aromatic rings. The molecule has 0 saturated heterocycles. The maximum absolute atomic E-state index is 12.3. The van der Waals surface area contributed by atoms with Crippen LogP contribution in [-0.2, 0) is 11.2 Å². The molecule has 2 rings (SSSR count). The van der Waals surface area contributed by atoms with E-state index in [4.69, 9.17) is 5.11 Å². The van der Waals surface area contributed by atoms with Crippen LogP contribution in [0.15, 0.2) is 36.4 Å². The van der Waals surface area contributed by atoms with Gasteiger partial charge in [0.05, 0.1) is 10.8 Å². The predicted octanol–water partition coefficient (Wildman–Crippen LogP) is 3.73. The minimum atomic E-state index is -0.866. The van der Waals surface area contributed by atoms with Crippen LogP contribution >= 0.6 is 11.3 Å². The van der Waals surface area contributed by atoms with Crippen molar-refractivity contribution in [1.29, 1.82) is 0 Å². The highest BCUT2D eigenvalue weighted by molar-refractivity contribution is 7.14. The zero-order valence-corrected chi connectivity index (χ0v) is 12.2. The van der Waals surface area contributed by atoms with Gasteiger partial charge in [0.15, 0.2) is 0 Å². The van der Waals surface area contributed by atoms with Crippen molar-refractivity contribution in [1.82, 2.24) is 0 Å². The van der Waals surface area contributed by atoms with Crippen molar-refractivity contribution in [3.8, 4) is 0 Å². The van der Waals surface area contributed by atoms with Crippen molar-refractivity contribution in [3.63, 3.8) is 0 Å². The van der Waals surface area contributed by atoms with Crippen LogP contribution in [0.2, 0.25) is 0 Å². The van der Waals surface area contributed by atoms with Crippen LogP contribution in [-0.4, -0.2) is 16.9 Å². The minimum absolute atomic E-state index is 0.00997. The summed E-state index contributed by atoms with van der Waals surface area (Å²) < 4.78 is 0. The number of carbonyl (C=O) groups is 2. The number of carboxylic acids is 1. The first kappa shape index (κ1) is 14.5. The van der Waals surface area contributed by atoms with Crippen LogP contribution in [0, 0.1) is 0 Å². The van der Waals surface area contributed by atoms with Gasteiger partial charge in [-0.2, -0.15) is 0 Å².